The van der Waals surface area contributed by atoms with Crippen LogP contribution in [-0.2, 0) is 16.1 Å². The zero-order chi connectivity index (χ0) is 26.8. The minimum atomic E-state index is -0.683. The average Bonchev–Trinajstić information content (AvgIpc) is 2.87. The molecule has 0 bridgehead atoms. The number of benzene rings is 2. The maximum Gasteiger partial charge on any atom is 0.122 e. The number of hydrogen-bond acceptors (Lipinski definition) is 5. The van der Waals surface area contributed by atoms with Crippen molar-refractivity contribution in [2.75, 3.05) is 27.4 Å². The Morgan fingerprint density at radius 3 is 2.51 bits per heavy atom. The highest BCUT2D eigenvalue weighted by molar-refractivity contribution is 5.41. The molecule has 1 aliphatic heterocycles. The maximum atomic E-state index is 10.4. The van der Waals surface area contributed by atoms with Gasteiger partial charge in [0.15, 0.2) is 0 Å². The van der Waals surface area contributed by atoms with Crippen LogP contribution in [0, 0.1) is 5.92 Å². The third-order valence-corrected chi connectivity index (χ3v) is 7.50. The molecule has 5 heteroatoms. The molecule has 0 spiro atoms. The SMILES string of the molecule is CC[C@H](OCc1ccc2c(c1)C(CCCOC)CCO2)[C@H](C[C@H](C)CC(C)(C)O)c1ccc(OC)cc1. The zero-order valence-corrected chi connectivity index (χ0v) is 23.8. The van der Waals surface area contributed by atoms with Crippen molar-refractivity contribution in [1.29, 1.82) is 0 Å². The predicted octanol–water partition coefficient (Wildman–Crippen LogP) is 7.25. The second kappa shape index (κ2) is 14.2. The minimum absolute atomic E-state index is 0.0717. The Hall–Kier alpha value is -2.08. The summed E-state index contributed by atoms with van der Waals surface area (Å²) < 4.78 is 23.3. The number of ether oxygens (including phenoxy) is 4. The standard InChI is InChI=1S/C32H48O5/c1-7-30(28(19-23(2)21-32(3,4)33)26-11-13-27(35-6)14-12-26)37-22-24-10-15-31-29(20-24)25(16-18-36-31)9-8-17-34-5/h10-15,20,23,25,28,30,33H,7-9,16-19,21-22H2,1-6H3/t23-,25?,28+,30-/m0/s1. The molecule has 4 atom stereocenters. The molecule has 0 aliphatic carbocycles. The van der Waals surface area contributed by atoms with Crippen LogP contribution in [0.3, 0.4) is 0 Å². The fourth-order valence-electron chi connectivity index (χ4n) is 5.82. The van der Waals surface area contributed by atoms with Crippen molar-refractivity contribution in [3.8, 4) is 11.5 Å². The first-order valence-corrected chi connectivity index (χ1v) is 14.0. The Morgan fingerprint density at radius 2 is 1.86 bits per heavy atom. The van der Waals surface area contributed by atoms with Gasteiger partial charge in [0, 0.05) is 19.6 Å². The van der Waals surface area contributed by atoms with E-state index in [1.165, 1.54) is 16.7 Å². The molecule has 2 aromatic carbocycles. The summed E-state index contributed by atoms with van der Waals surface area (Å²) in [4.78, 5) is 0. The fourth-order valence-corrected chi connectivity index (χ4v) is 5.82. The predicted molar refractivity (Wildman–Crippen MR) is 150 cm³/mol. The monoisotopic (exact) mass is 512 g/mol. The first-order valence-electron chi connectivity index (χ1n) is 14.0. The van der Waals surface area contributed by atoms with E-state index in [2.05, 4.69) is 44.2 Å². The number of aliphatic hydroxyl groups is 1. The third kappa shape index (κ3) is 9.01. The summed E-state index contributed by atoms with van der Waals surface area (Å²) in [6.07, 6.45) is 5.93. The molecule has 1 heterocycles. The third-order valence-electron chi connectivity index (χ3n) is 7.50. The van der Waals surface area contributed by atoms with E-state index in [0.29, 0.717) is 18.4 Å². The maximum absolute atomic E-state index is 10.4. The van der Waals surface area contributed by atoms with Crippen LogP contribution in [0.5, 0.6) is 11.5 Å². The number of rotatable bonds is 15. The van der Waals surface area contributed by atoms with Gasteiger partial charge in [-0.15, -0.1) is 0 Å². The van der Waals surface area contributed by atoms with Gasteiger partial charge >= 0.3 is 0 Å². The van der Waals surface area contributed by atoms with Crippen LogP contribution < -0.4 is 9.47 Å². The Balaban J connectivity index is 1.75. The summed E-state index contributed by atoms with van der Waals surface area (Å²) in [5.41, 5.74) is 3.07. The number of fused-ring (bicyclic) bond motifs is 1. The van der Waals surface area contributed by atoms with Gasteiger partial charge in [-0.05, 0) is 105 Å². The van der Waals surface area contributed by atoms with Crippen LogP contribution in [0.4, 0.5) is 0 Å². The van der Waals surface area contributed by atoms with Crippen molar-refractivity contribution < 1.29 is 24.1 Å². The van der Waals surface area contributed by atoms with E-state index in [-0.39, 0.29) is 12.0 Å². The molecule has 0 aromatic heterocycles. The summed E-state index contributed by atoms with van der Waals surface area (Å²) in [6.45, 7) is 10.4. The first-order chi connectivity index (χ1) is 17.7. The quantitative estimate of drug-likeness (QED) is 0.255. The Morgan fingerprint density at radius 1 is 1.11 bits per heavy atom. The largest absolute Gasteiger partial charge is 0.497 e. The van der Waals surface area contributed by atoms with Crippen LogP contribution in [-0.4, -0.2) is 44.2 Å². The van der Waals surface area contributed by atoms with E-state index >= 15 is 0 Å². The lowest BCUT2D eigenvalue weighted by Crippen LogP contribution is -2.27. The molecule has 0 saturated heterocycles. The van der Waals surface area contributed by atoms with Crippen molar-refractivity contribution in [3.63, 3.8) is 0 Å². The molecule has 3 rings (SSSR count). The molecule has 206 valence electrons. The summed E-state index contributed by atoms with van der Waals surface area (Å²) in [6, 6.07) is 14.9. The summed E-state index contributed by atoms with van der Waals surface area (Å²) in [5, 5.41) is 10.4. The Labute approximate surface area is 224 Å². The van der Waals surface area contributed by atoms with Crippen LogP contribution in [0.2, 0.25) is 0 Å². The highest BCUT2D eigenvalue weighted by Gasteiger charge is 2.28. The van der Waals surface area contributed by atoms with Gasteiger partial charge in [-0.1, -0.05) is 32.0 Å². The lowest BCUT2D eigenvalue weighted by Gasteiger charge is -2.31. The van der Waals surface area contributed by atoms with Gasteiger partial charge in [0.05, 0.1) is 32.0 Å². The van der Waals surface area contributed by atoms with E-state index in [1.54, 1.807) is 14.2 Å². The second-order valence-corrected chi connectivity index (χ2v) is 11.3. The second-order valence-electron chi connectivity index (χ2n) is 11.3. The smallest absolute Gasteiger partial charge is 0.122 e. The van der Waals surface area contributed by atoms with Crippen LogP contribution in [0.1, 0.15) is 94.7 Å². The molecule has 1 unspecified atom stereocenters. The van der Waals surface area contributed by atoms with E-state index in [4.69, 9.17) is 18.9 Å². The van der Waals surface area contributed by atoms with Gasteiger partial charge in [0.1, 0.15) is 11.5 Å². The van der Waals surface area contributed by atoms with Crippen molar-refractivity contribution in [2.45, 2.75) is 96.4 Å². The first kappa shape index (κ1) is 29.5. The topological polar surface area (TPSA) is 57.2 Å². The van der Waals surface area contributed by atoms with E-state index < -0.39 is 5.60 Å². The molecule has 5 nitrogen and oxygen atoms in total. The van der Waals surface area contributed by atoms with Gasteiger partial charge in [0.2, 0.25) is 0 Å². The van der Waals surface area contributed by atoms with Crippen molar-refractivity contribution >= 4 is 0 Å². The number of methoxy groups -OCH3 is 2. The Bertz CT molecular complexity index is 933. The van der Waals surface area contributed by atoms with Gasteiger partial charge < -0.3 is 24.1 Å². The fraction of sp³-hybridized carbons (Fsp3) is 0.625. The van der Waals surface area contributed by atoms with Crippen molar-refractivity contribution in [3.05, 3.63) is 59.2 Å². The molecular weight excluding hydrogens is 464 g/mol. The molecule has 1 N–H and O–H groups in total. The van der Waals surface area contributed by atoms with Gasteiger partial charge in [-0.25, -0.2) is 0 Å². The van der Waals surface area contributed by atoms with E-state index in [1.807, 2.05) is 26.0 Å². The summed E-state index contributed by atoms with van der Waals surface area (Å²) >= 11 is 0. The lowest BCUT2D eigenvalue weighted by atomic mass is 9.81. The highest BCUT2D eigenvalue weighted by atomic mass is 16.5. The van der Waals surface area contributed by atoms with Crippen LogP contribution in [0.15, 0.2) is 42.5 Å². The normalized spacial score (nSPS) is 18.0. The number of hydrogen-bond donors (Lipinski definition) is 1. The Kier molecular flexibility index (Phi) is 11.3. The minimum Gasteiger partial charge on any atom is -0.497 e. The molecule has 0 fully saturated rings. The molecule has 0 amide bonds. The van der Waals surface area contributed by atoms with E-state index in [9.17, 15) is 5.11 Å². The average molecular weight is 513 g/mol. The molecule has 1 aliphatic rings. The van der Waals surface area contributed by atoms with Crippen LogP contribution in [0.25, 0.3) is 0 Å². The molecular formula is C32H48O5. The van der Waals surface area contributed by atoms with Crippen LogP contribution >= 0.6 is 0 Å². The molecule has 37 heavy (non-hydrogen) atoms. The van der Waals surface area contributed by atoms with Gasteiger partial charge in [0.25, 0.3) is 0 Å². The highest BCUT2D eigenvalue weighted by Crippen LogP contribution is 2.38. The van der Waals surface area contributed by atoms with Gasteiger partial charge in [-0.2, -0.15) is 0 Å². The van der Waals surface area contributed by atoms with E-state index in [0.717, 1.165) is 63.2 Å². The van der Waals surface area contributed by atoms with Crippen molar-refractivity contribution in [2.24, 2.45) is 5.92 Å². The molecule has 2 aromatic rings. The van der Waals surface area contributed by atoms with Crippen molar-refractivity contribution in [1.82, 2.24) is 0 Å². The van der Waals surface area contributed by atoms with Gasteiger partial charge in [-0.3, -0.25) is 0 Å². The zero-order valence-electron chi connectivity index (χ0n) is 23.8. The lowest BCUT2D eigenvalue weighted by molar-refractivity contribution is 0.00764. The summed E-state index contributed by atoms with van der Waals surface area (Å²) in [7, 11) is 3.46. The summed E-state index contributed by atoms with van der Waals surface area (Å²) in [5.74, 6) is 2.98. The molecule has 0 saturated carbocycles. The molecule has 0 radical (unpaired) electrons.